The monoisotopic (exact) mass is 755 g/mol. The van der Waals surface area contributed by atoms with Crippen LogP contribution in [0.25, 0.3) is 5.57 Å². The summed E-state index contributed by atoms with van der Waals surface area (Å²) >= 11 is 0. The number of methoxy groups -OCH3 is 2. The number of likely N-dealkylation sites (tertiary alicyclic amines) is 1. The van der Waals surface area contributed by atoms with E-state index in [1.807, 2.05) is 63.3 Å². The van der Waals surface area contributed by atoms with Gasteiger partial charge < -0.3 is 25.8 Å². The molecule has 1 aromatic heterocycles. The standard InChI is InChI=1S/C24H31N5O2.C11H13N3.C4H8O.C3H8.C2H6/c1-5-7-9-17(6-2)18-10-8-11-19(23(18)31-4)29-20(22(26)24(30)27-3)14-21(25)28-15-16-12-13-16;1-9-6-14(7-9)8-11-4-2-3-10(5-12)13-11;1-5-4-2-3-4;1-3-2;1-2/h6-11,14-15,26,29H,5,12-13H2,1-4H3,(H2,25,28)(H,27,30);2-4,9H,6-8H2,1H3;4H,2-3H2,1H3;3H2,1-2H3;1-2H3/b9-7-,17-6+,20-14+,26-22?;;;;. The number of pyridine rings is 1. The van der Waals surface area contributed by atoms with Crippen molar-refractivity contribution in [3.8, 4) is 11.8 Å². The minimum atomic E-state index is -0.540. The van der Waals surface area contributed by atoms with Crippen molar-refractivity contribution in [2.45, 2.75) is 99.6 Å². The molecular weight excluding hydrogens is 689 g/mol. The first-order chi connectivity index (χ1) is 26.6. The Hall–Kier alpha value is -5.05. The van der Waals surface area contributed by atoms with Gasteiger partial charge in [0.1, 0.15) is 29.1 Å². The van der Waals surface area contributed by atoms with Crippen LogP contribution in [0.4, 0.5) is 5.69 Å². The van der Waals surface area contributed by atoms with Gasteiger partial charge in [-0.25, -0.2) is 9.98 Å². The molecule has 0 spiro atoms. The summed E-state index contributed by atoms with van der Waals surface area (Å²) in [6.45, 7) is 17.7. The molecular formula is C44H66N8O3. The van der Waals surface area contributed by atoms with Gasteiger partial charge in [-0.1, -0.05) is 90.0 Å². The van der Waals surface area contributed by atoms with Crippen LogP contribution in [-0.2, 0) is 16.1 Å². The number of hydrogen-bond donors (Lipinski definition) is 4. The molecule has 1 amide bonds. The number of nitrogens with one attached hydrogen (secondary N) is 3. The van der Waals surface area contributed by atoms with Gasteiger partial charge in [0.15, 0.2) is 0 Å². The molecule has 1 aromatic carbocycles. The Morgan fingerprint density at radius 3 is 2.27 bits per heavy atom. The van der Waals surface area contributed by atoms with E-state index in [1.165, 1.54) is 38.0 Å². The van der Waals surface area contributed by atoms with Crippen molar-refractivity contribution in [3.05, 3.63) is 95.1 Å². The highest BCUT2D eigenvalue weighted by molar-refractivity contribution is 6.45. The second kappa shape index (κ2) is 27.5. The van der Waals surface area contributed by atoms with Gasteiger partial charge in [-0.2, -0.15) is 5.26 Å². The van der Waals surface area contributed by atoms with E-state index in [1.54, 1.807) is 26.5 Å². The Morgan fingerprint density at radius 2 is 1.78 bits per heavy atom. The topological polar surface area (TPSA) is 162 Å². The van der Waals surface area contributed by atoms with E-state index in [2.05, 4.69) is 65.4 Å². The van der Waals surface area contributed by atoms with Crippen LogP contribution >= 0.6 is 0 Å². The molecule has 0 atom stereocenters. The van der Waals surface area contributed by atoms with E-state index in [0.29, 0.717) is 23.2 Å². The number of nitrogens with zero attached hydrogens (tertiary/aromatic N) is 4. The first-order valence-electron chi connectivity index (χ1n) is 19.5. The average Bonchev–Trinajstić information content (AvgIpc) is 4.14. The van der Waals surface area contributed by atoms with Gasteiger partial charge in [-0.3, -0.25) is 15.1 Å². The Labute approximate surface area is 331 Å². The van der Waals surface area contributed by atoms with Crippen molar-refractivity contribution >= 4 is 28.7 Å². The number of nitriles is 1. The van der Waals surface area contributed by atoms with Gasteiger partial charge in [-0.15, -0.1) is 0 Å². The number of hydrogen-bond acceptors (Lipinski definition) is 9. The predicted octanol–water partition coefficient (Wildman–Crippen LogP) is 8.80. The lowest BCUT2D eigenvalue weighted by Crippen LogP contribution is -2.44. The lowest BCUT2D eigenvalue weighted by atomic mass is 10.0. The van der Waals surface area contributed by atoms with E-state index in [9.17, 15) is 4.79 Å². The fraction of sp³-hybridized carbons (Fsp3) is 0.477. The summed E-state index contributed by atoms with van der Waals surface area (Å²) < 4.78 is 10.6. The van der Waals surface area contributed by atoms with Gasteiger partial charge in [0.05, 0.1) is 30.3 Å². The van der Waals surface area contributed by atoms with Crippen LogP contribution in [0.15, 0.2) is 83.2 Å². The number of allylic oxidation sites excluding steroid dienone is 5. The van der Waals surface area contributed by atoms with Crippen LogP contribution in [0.1, 0.15) is 104 Å². The molecule has 1 aliphatic heterocycles. The predicted molar refractivity (Wildman–Crippen MR) is 229 cm³/mol. The minimum absolute atomic E-state index is 0.200. The molecule has 11 heteroatoms. The smallest absolute Gasteiger partial charge is 0.271 e. The Kier molecular flexibility index (Phi) is 24.0. The second-order valence-electron chi connectivity index (χ2n) is 13.0. The number of aromatic nitrogens is 1. The van der Waals surface area contributed by atoms with Crippen LogP contribution in [-0.4, -0.2) is 67.8 Å². The molecule has 0 bridgehead atoms. The quantitative estimate of drug-likeness (QED) is 0.0896. The Morgan fingerprint density at radius 1 is 1.13 bits per heavy atom. The number of rotatable bonds is 13. The number of para-hydroxylation sites is 1. The molecule has 5 rings (SSSR count). The summed E-state index contributed by atoms with van der Waals surface area (Å²) in [5.41, 5.74) is 11.2. The SMILES string of the molecule is C/C=C(\C=C/CC)c1cccc(N/C(=C/C(N)=NC=C2CC2)C(=N)C(=O)NC)c1OC.CC.CC1CN(Cc2cccc(C#N)n2)C1.CCC.COC1CC1. The summed E-state index contributed by atoms with van der Waals surface area (Å²) in [6.07, 6.45) is 16.8. The number of aliphatic imine (C=N–C) groups is 1. The molecule has 300 valence electrons. The van der Waals surface area contributed by atoms with Crippen LogP contribution in [0.5, 0.6) is 5.75 Å². The van der Waals surface area contributed by atoms with E-state index in [0.717, 1.165) is 61.6 Å². The van der Waals surface area contributed by atoms with Gasteiger partial charge in [-0.05, 0) is 68.7 Å². The number of amidine groups is 1. The number of carbonyl (C=O) groups excluding carboxylic acids is 1. The number of carbonyl (C=O) groups is 1. The fourth-order valence-corrected chi connectivity index (χ4v) is 4.90. The second-order valence-corrected chi connectivity index (χ2v) is 13.0. The third-order valence-electron chi connectivity index (χ3n) is 7.90. The molecule has 5 N–H and O–H groups in total. The minimum Gasteiger partial charge on any atom is -0.494 e. The maximum atomic E-state index is 12.1. The highest BCUT2D eigenvalue weighted by Crippen LogP contribution is 2.35. The Balaban J connectivity index is 0.000000511. The first kappa shape index (κ1) is 48.0. The molecule has 2 aromatic rings. The molecule has 3 aliphatic rings. The number of nitrogens with two attached hydrogens (primary N) is 1. The molecule has 11 nitrogen and oxygen atoms in total. The van der Waals surface area contributed by atoms with Crippen LogP contribution < -0.4 is 21.1 Å². The number of ether oxygens (including phenoxy) is 2. The van der Waals surface area contributed by atoms with Gasteiger partial charge in [0.2, 0.25) is 0 Å². The zero-order chi connectivity index (χ0) is 41.2. The largest absolute Gasteiger partial charge is 0.494 e. The van der Waals surface area contributed by atoms with Gasteiger partial charge in [0.25, 0.3) is 5.91 Å². The number of anilines is 1. The van der Waals surface area contributed by atoms with Gasteiger partial charge in [0, 0.05) is 51.6 Å². The maximum absolute atomic E-state index is 12.1. The molecule has 2 saturated carbocycles. The summed E-state index contributed by atoms with van der Waals surface area (Å²) in [4.78, 5) is 22.9. The number of benzene rings is 1. The third kappa shape index (κ3) is 18.7. The van der Waals surface area contributed by atoms with Crippen LogP contribution in [0, 0.1) is 22.7 Å². The summed E-state index contributed by atoms with van der Waals surface area (Å²) in [6, 6.07) is 13.3. The lowest BCUT2D eigenvalue weighted by Gasteiger charge is -2.36. The molecule has 3 fully saturated rings. The molecule has 1 saturated heterocycles. The van der Waals surface area contributed by atoms with Crippen LogP contribution in [0.3, 0.4) is 0 Å². The summed E-state index contributed by atoms with van der Waals surface area (Å²) in [7, 11) is 4.83. The zero-order valence-corrected chi connectivity index (χ0v) is 35.0. The lowest BCUT2D eigenvalue weighted by molar-refractivity contribution is -0.114. The summed E-state index contributed by atoms with van der Waals surface area (Å²) in [5.74, 6) is 1.07. The molecule has 55 heavy (non-hydrogen) atoms. The van der Waals surface area contributed by atoms with Crippen molar-refractivity contribution in [2.75, 3.05) is 39.7 Å². The maximum Gasteiger partial charge on any atom is 0.271 e. The number of amides is 1. The summed E-state index contributed by atoms with van der Waals surface area (Å²) in [5, 5.41) is 22.6. The first-order valence-corrected chi connectivity index (χ1v) is 19.5. The van der Waals surface area contributed by atoms with Gasteiger partial charge >= 0.3 is 0 Å². The highest BCUT2D eigenvalue weighted by Gasteiger charge is 2.22. The van der Waals surface area contributed by atoms with E-state index >= 15 is 0 Å². The fourth-order valence-electron chi connectivity index (χ4n) is 4.90. The average molecular weight is 755 g/mol. The van der Waals surface area contributed by atoms with Crippen LogP contribution in [0.2, 0.25) is 0 Å². The highest BCUT2D eigenvalue weighted by atomic mass is 16.5. The van der Waals surface area contributed by atoms with E-state index in [-0.39, 0.29) is 17.2 Å². The van der Waals surface area contributed by atoms with Crippen molar-refractivity contribution in [3.63, 3.8) is 0 Å². The van der Waals surface area contributed by atoms with E-state index in [4.69, 9.17) is 25.9 Å². The third-order valence-corrected chi connectivity index (χ3v) is 7.90. The molecule has 0 radical (unpaired) electrons. The molecule has 2 heterocycles. The molecule has 2 aliphatic carbocycles. The normalized spacial score (nSPS) is 15.1. The van der Waals surface area contributed by atoms with Crippen molar-refractivity contribution < 1.29 is 14.3 Å². The Bertz CT molecular complexity index is 1670. The zero-order valence-electron chi connectivity index (χ0n) is 35.0. The van der Waals surface area contributed by atoms with Crippen molar-refractivity contribution in [2.24, 2.45) is 16.6 Å². The van der Waals surface area contributed by atoms with E-state index < -0.39 is 5.91 Å². The van der Waals surface area contributed by atoms with Crippen molar-refractivity contribution in [1.82, 2.24) is 15.2 Å². The van der Waals surface area contributed by atoms with Crippen molar-refractivity contribution in [1.29, 1.82) is 10.7 Å². The molecule has 0 unspecified atom stereocenters.